The molecule has 1 aromatic heterocycles. The lowest BCUT2D eigenvalue weighted by Crippen LogP contribution is -2.40. The van der Waals surface area contributed by atoms with Gasteiger partial charge in [-0.15, -0.1) is 0 Å². The standard InChI is InChI=1S/C23H30N2O4S/c1-6-18-17(4)23(15(2)13-22(18)28-5)30(26,27)25-16(3)14-29-21-11-7-10-20-19(21)9-8-12-24-20/h7-13,16-18,25H,6,14H2,1-5H3/t16-,17?,18?/m0/s1. The third kappa shape index (κ3) is 4.52. The minimum absolute atomic E-state index is 0.0417. The van der Waals surface area contributed by atoms with E-state index in [2.05, 4.69) is 9.71 Å². The van der Waals surface area contributed by atoms with Gasteiger partial charge >= 0.3 is 0 Å². The fourth-order valence-corrected chi connectivity index (χ4v) is 6.04. The van der Waals surface area contributed by atoms with Crippen LogP contribution in [0.4, 0.5) is 0 Å². The van der Waals surface area contributed by atoms with Crippen LogP contribution in [0.5, 0.6) is 5.75 Å². The van der Waals surface area contributed by atoms with Crippen LogP contribution in [-0.4, -0.2) is 33.2 Å². The normalized spacial score (nSPS) is 20.8. The van der Waals surface area contributed by atoms with Gasteiger partial charge in [0.05, 0.1) is 29.3 Å². The molecule has 1 N–H and O–H groups in total. The van der Waals surface area contributed by atoms with Crippen molar-refractivity contribution >= 4 is 20.9 Å². The lowest BCUT2D eigenvalue weighted by atomic mass is 9.84. The van der Waals surface area contributed by atoms with Crippen LogP contribution in [0.15, 0.2) is 58.8 Å². The maximum atomic E-state index is 13.2. The molecular formula is C23H30N2O4S. The molecule has 0 spiro atoms. The Hall–Kier alpha value is -2.38. The number of allylic oxidation sites excluding steroid dienone is 4. The van der Waals surface area contributed by atoms with Gasteiger partial charge in [-0.3, -0.25) is 4.98 Å². The monoisotopic (exact) mass is 430 g/mol. The number of sulfonamides is 1. The summed E-state index contributed by atoms with van der Waals surface area (Å²) in [5.74, 6) is 1.40. The number of fused-ring (bicyclic) bond motifs is 1. The van der Waals surface area contributed by atoms with Crippen molar-refractivity contribution in [3.63, 3.8) is 0 Å². The van der Waals surface area contributed by atoms with E-state index in [1.807, 2.05) is 57.2 Å². The summed E-state index contributed by atoms with van der Waals surface area (Å²) in [4.78, 5) is 4.75. The molecule has 2 unspecified atom stereocenters. The summed E-state index contributed by atoms with van der Waals surface area (Å²) >= 11 is 0. The van der Waals surface area contributed by atoms with Crippen LogP contribution in [0, 0.1) is 11.8 Å². The molecule has 0 amide bonds. The van der Waals surface area contributed by atoms with E-state index in [1.54, 1.807) is 20.2 Å². The highest BCUT2D eigenvalue weighted by molar-refractivity contribution is 7.93. The van der Waals surface area contributed by atoms with Gasteiger partial charge in [0.2, 0.25) is 10.0 Å². The molecule has 162 valence electrons. The Labute approximate surface area is 179 Å². The Bertz CT molecular complexity index is 1070. The summed E-state index contributed by atoms with van der Waals surface area (Å²) in [5, 5.41) is 0.900. The average Bonchev–Trinajstić information content (AvgIpc) is 2.71. The van der Waals surface area contributed by atoms with Crippen molar-refractivity contribution in [2.45, 2.75) is 40.2 Å². The van der Waals surface area contributed by atoms with E-state index in [-0.39, 0.29) is 18.4 Å². The van der Waals surface area contributed by atoms with Crippen molar-refractivity contribution in [1.29, 1.82) is 0 Å². The summed E-state index contributed by atoms with van der Waals surface area (Å²) in [6.07, 6.45) is 4.38. The summed E-state index contributed by atoms with van der Waals surface area (Å²) in [7, 11) is -2.03. The molecule has 1 aromatic carbocycles. The van der Waals surface area contributed by atoms with E-state index < -0.39 is 16.1 Å². The number of ether oxygens (including phenoxy) is 2. The number of pyridine rings is 1. The third-order valence-corrected chi connectivity index (χ3v) is 7.53. The molecule has 0 bridgehead atoms. The van der Waals surface area contributed by atoms with Crippen molar-refractivity contribution in [2.24, 2.45) is 11.8 Å². The van der Waals surface area contributed by atoms with Crippen LogP contribution in [0.3, 0.4) is 0 Å². The minimum atomic E-state index is -3.67. The number of nitrogens with one attached hydrogen (secondary N) is 1. The summed E-state index contributed by atoms with van der Waals surface area (Å²) < 4.78 is 40.6. The molecule has 3 rings (SSSR count). The first-order chi connectivity index (χ1) is 14.3. The van der Waals surface area contributed by atoms with E-state index in [9.17, 15) is 8.42 Å². The zero-order chi connectivity index (χ0) is 21.9. The van der Waals surface area contributed by atoms with Crippen LogP contribution in [0.25, 0.3) is 10.9 Å². The second-order valence-corrected chi connectivity index (χ2v) is 9.44. The Morgan fingerprint density at radius 2 is 2.00 bits per heavy atom. The molecule has 1 aliphatic rings. The van der Waals surface area contributed by atoms with Gasteiger partial charge in [0.15, 0.2) is 0 Å². The van der Waals surface area contributed by atoms with Gasteiger partial charge in [-0.1, -0.05) is 19.9 Å². The Balaban J connectivity index is 1.75. The molecule has 1 heterocycles. The number of hydrogen-bond acceptors (Lipinski definition) is 5. The van der Waals surface area contributed by atoms with Gasteiger partial charge in [0.1, 0.15) is 12.4 Å². The fraction of sp³-hybridized carbons (Fsp3) is 0.435. The van der Waals surface area contributed by atoms with Crippen LogP contribution >= 0.6 is 0 Å². The number of rotatable bonds is 8. The smallest absolute Gasteiger partial charge is 0.237 e. The van der Waals surface area contributed by atoms with E-state index >= 15 is 0 Å². The average molecular weight is 431 g/mol. The van der Waals surface area contributed by atoms with Crippen molar-refractivity contribution in [1.82, 2.24) is 9.71 Å². The summed E-state index contributed by atoms with van der Waals surface area (Å²) in [6.45, 7) is 7.83. The molecule has 3 atom stereocenters. The molecule has 0 fully saturated rings. The minimum Gasteiger partial charge on any atom is -0.501 e. The number of nitrogens with zero attached hydrogens (tertiary/aromatic N) is 1. The zero-order valence-corrected chi connectivity index (χ0v) is 19.0. The van der Waals surface area contributed by atoms with Crippen LogP contribution in [0.1, 0.15) is 34.1 Å². The van der Waals surface area contributed by atoms with Crippen LogP contribution in [-0.2, 0) is 14.8 Å². The molecule has 7 heteroatoms. The van der Waals surface area contributed by atoms with E-state index in [4.69, 9.17) is 9.47 Å². The molecule has 1 aliphatic carbocycles. The highest BCUT2D eigenvalue weighted by Gasteiger charge is 2.36. The van der Waals surface area contributed by atoms with Gasteiger partial charge in [0.25, 0.3) is 0 Å². The molecule has 0 saturated carbocycles. The number of aromatic nitrogens is 1. The van der Waals surface area contributed by atoms with Gasteiger partial charge in [0, 0.05) is 23.4 Å². The fourth-order valence-electron chi connectivity index (χ4n) is 4.18. The first-order valence-corrected chi connectivity index (χ1v) is 11.7. The zero-order valence-electron chi connectivity index (χ0n) is 18.2. The van der Waals surface area contributed by atoms with Gasteiger partial charge in [-0.05, 0) is 56.2 Å². The van der Waals surface area contributed by atoms with Crippen molar-refractivity contribution in [3.05, 3.63) is 58.8 Å². The maximum absolute atomic E-state index is 13.2. The predicted octanol–water partition coefficient (Wildman–Crippen LogP) is 4.40. The molecule has 0 radical (unpaired) electrons. The number of benzene rings is 1. The van der Waals surface area contributed by atoms with Gasteiger partial charge < -0.3 is 9.47 Å². The Morgan fingerprint density at radius 3 is 2.70 bits per heavy atom. The molecule has 30 heavy (non-hydrogen) atoms. The predicted molar refractivity (Wildman–Crippen MR) is 119 cm³/mol. The number of hydrogen-bond donors (Lipinski definition) is 1. The SMILES string of the molecule is CCC1C(OC)=CC(C)=C(S(=O)(=O)N[C@@H](C)COc2cccc3ncccc23)C1C. The van der Waals surface area contributed by atoms with Gasteiger partial charge in [-0.25, -0.2) is 13.1 Å². The van der Waals surface area contributed by atoms with Crippen LogP contribution in [0.2, 0.25) is 0 Å². The lowest BCUT2D eigenvalue weighted by Gasteiger charge is -2.32. The topological polar surface area (TPSA) is 77.5 Å². The quantitative estimate of drug-likeness (QED) is 0.672. The molecular weight excluding hydrogens is 400 g/mol. The molecule has 0 saturated heterocycles. The van der Waals surface area contributed by atoms with Crippen molar-refractivity contribution in [3.8, 4) is 5.75 Å². The van der Waals surface area contributed by atoms with Crippen molar-refractivity contribution < 1.29 is 17.9 Å². The second kappa shape index (κ2) is 9.18. The van der Waals surface area contributed by atoms with E-state index in [0.717, 1.165) is 23.1 Å². The molecule has 0 aliphatic heterocycles. The maximum Gasteiger partial charge on any atom is 0.237 e. The second-order valence-electron chi connectivity index (χ2n) is 7.76. The molecule has 6 nitrogen and oxygen atoms in total. The van der Waals surface area contributed by atoms with E-state index in [1.165, 1.54) is 0 Å². The highest BCUT2D eigenvalue weighted by atomic mass is 32.2. The summed E-state index contributed by atoms with van der Waals surface area (Å²) in [5.41, 5.74) is 1.55. The highest BCUT2D eigenvalue weighted by Crippen LogP contribution is 2.39. The Kier molecular flexibility index (Phi) is 6.83. The first kappa shape index (κ1) is 22.3. The lowest BCUT2D eigenvalue weighted by molar-refractivity contribution is 0.213. The van der Waals surface area contributed by atoms with Crippen LogP contribution < -0.4 is 9.46 Å². The molecule has 2 aromatic rings. The van der Waals surface area contributed by atoms with Gasteiger partial charge in [-0.2, -0.15) is 0 Å². The Morgan fingerprint density at radius 1 is 1.23 bits per heavy atom. The first-order valence-electron chi connectivity index (χ1n) is 10.2. The summed E-state index contributed by atoms with van der Waals surface area (Å²) in [6, 6.07) is 9.05. The third-order valence-electron chi connectivity index (χ3n) is 5.55. The van der Waals surface area contributed by atoms with Crippen molar-refractivity contribution in [2.75, 3.05) is 13.7 Å². The largest absolute Gasteiger partial charge is 0.501 e. The number of methoxy groups -OCH3 is 1. The van der Waals surface area contributed by atoms with E-state index in [0.29, 0.717) is 16.2 Å².